The second-order valence-electron chi connectivity index (χ2n) is 2.69. The molecule has 0 saturated carbocycles. The maximum atomic E-state index is 10.9. The quantitative estimate of drug-likeness (QED) is 0.322. The summed E-state index contributed by atoms with van der Waals surface area (Å²) >= 11 is 0. The van der Waals surface area contributed by atoms with Gasteiger partial charge in [0.05, 0.1) is 6.10 Å². The molecule has 76 valence electrons. The van der Waals surface area contributed by atoms with E-state index in [1.807, 2.05) is 0 Å². The monoisotopic (exact) mass is 190 g/mol. The molecule has 0 spiro atoms. The highest BCUT2D eigenvalue weighted by atomic mass is 16.5. The van der Waals surface area contributed by atoms with Gasteiger partial charge in [-0.25, -0.2) is 5.48 Å². The number of carbonyl (C=O) groups excluding carboxylic acids is 2. The number of rotatable bonds is 5. The van der Waals surface area contributed by atoms with E-state index in [-0.39, 0.29) is 25.3 Å². The lowest BCUT2D eigenvalue weighted by molar-refractivity contribution is -0.131. The summed E-state index contributed by atoms with van der Waals surface area (Å²) in [6.07, 6.45) is -0.669. The summed E-state index contributed by atoms with van der Waals surface area (Å²) in [5, 5.41) is 19.3. The van der Waals surface area contributed by atoms with Crippen molar-refractivity contribution in [1.29, 1.82) is 0 Å². The second kappa shape index (κ2) is 6.38. The van der Waals surface area contributed by atoms with Crippen molar-refractivity contribution in [2.24, 2.45) is 0 Å². The molecule has 0 aliphatic carbocycles. The summed E-state index contributed by atoms with van der Waals surface area (Å²) in [6, 6.07) is 0. The van der Waals surface area contributed by atoms with Crippen LogP contribution < -0.4 is 10.8 Å². The summed E-state index contributed by atoms with van der Waals surface area (Å²) < 4.78 is 0. The number of carbonyl (C=O) groups is 2. The number of aliphatic hydroxyl groups excluding tert-OH is 1. The van der Waals surface area contributed by atoms with Gasteiger partial charge in [0.25, 0.3) is 0 Å². The molecule has 6 heteroatoms. The predicted molar refractivity (Wildman–Crippen MR) is 43.9 cm³/mol. The number of nitrogens with one attached hydrogen (secondary N) is 2. The van der Waals surface area contributed by atoms with Crippen LogP contribution in [0.4, 0.5) is 0 Å². The summed E-state index contributed by atoms with van der Waals surface area (Å²) in [7, 11) is 0. The van der Waals surface area contributed by atoms with Crippen LogP contribution in [-0.2, 0) is 9.59 Å². The Morgan fingerprint density at radius 2 is 1.85 bits per heavy atom. The first kappa shape index (κ1) is 11.9. The van der Waals surface area contributed by atoms with E-state index in [4.69, 9.17) is 10.3 Å². The fourth-order valence-corrected chi connectivity index (χ4v) is 0.633. The topological polar surface area (TPSA) is 98.7 Å². The third-order valence-electron chi connectivity index (χ3n) is 1.30. The van der Waals surface area contributed by atoms with Crippen molar-refractivity contribution in [2.75, 3.05) is 6.54 Å². The van der Waals surface area contributed by atoms with Crippen molar-refractivity contribution < 1.29 is 19.9 Å². The molecule has 0 fully saturated rings. The molecular formula is C7H14N2O4. The largest absolute Gasteiger partial charge is 0.392 e. The van der Waals surface area contributed by atoms with Crippen molar-refractivity contribution in [3.05, 3.63) is 0 Å². The van der Waals surface area contributed by atoms with Crippen LogP contribution in [0.25, 0.3) is 0 Å². The molecule has 0 aromatic heterocycles. The van der Waals surface area contributed by atoms with Crippen molar-refractivity contribution in [2.45, 2.75) is 25.9 Å². The molecule has 0 heterocycles. The zero-order valence-corrected chi connectivity index (χ0v) is 7.41. The fraction of sp³-hybridized carbons (Fsp3) is 0.714. The molecule has 1 atom stereocenters. The lowest BCUT2D eigenvalue weighted by Gasteiger charge is -2.05. The Kier molecular flexibility index (Phi) is 5.82. The van der Waals surface area contributed by atoms with Gasteiger partial charge in [0.15, 0.2) is 0 Å². The van der Waals surface area contributed by atoms with Gasteiger partial charge in [0.2, 0.25) is 11.8 Å². The number of hydrogen-bond acceptors (Lipinski definition) is 4. The van der Waals surface area contributed by atoms with Gasteiger partial charge >= 0.3 is 0 Å². The fourth-order valence-electron chi connectivity index (χ4n) is 0.633. The SMILES string of the molecule is CC(O)CNC(=O)CCC(=O)NO. The number of hydroxylamine groups is 1. The van der Waals surface area contributed by atoms with E-state index in [2.05, 4.69) is 5.32 Å². The molecule has 13 heavy (non-hydrogen) atoms. The van der Waals surface area contributed by atoms with Crippen LogP contribution in [0.1, 0.15) is 19.8 Å². The van der Waals surface area contributed by atoms with Gasteiger partial charge in [-0.2, -0.15) is 0 Å². The minimum atomic E-state index is -0.604. The van der Waals surface area contributed by atoms with Gasteiger partial charge < -0.3 is 10.4 Å². The van der Waals surface area contributed by atoms with E-state index in [1.54, 1.807) is 6.92 Å². The zero-order chi connectivity index (χ0) is 10.3. The molecule has 0 aliphatic heterocycles. The van der Waals surface area contributed by atoms with E-state index in [0.29, 0.717) is 0 Å². The van der Waals surface area contributed by atoms with Crippen LogP contribution in [-0.4, -0.2) is 34.8 Å². The highest BCUT2D eigenvalue weighted by molar-refractivity contribution is 5.83. The lowest BCUT2D eigenvalue weighted by Crippen LogP contribution is -2.31. The Balaban J connectivity index is 3.46. The van der Waals surface area contributed by atoms with Crippen LogP contribution in [0.2, 0.25) is 0 Å². The van der Waals surface area contributed by atoms with Gasteiger partial charge in [-0.1, -0.05) is 0 Å². The molecule has 1 unspecified atom stereocenters. The molecule has 0 rings (SSSR count). The standard InChI is InChI=1S/C7H14N2O4/c1-5(10)4-8-6(11)2-3-7(12)9-13/h5,10,13H,2-4H2,1H3,(H,8,11)(H,9,12). The molecule has 0 aromatic rings. The molecule has 2 amide bonds. The average Bonchev–Trinajstić information content (AvgIpc) is 2.10. The Morgan fingerprint density at radius 1 is 1.31 bits per heavy atom. The maximum Gasteiger partial charge on any atom is 0.243 e. The Bertz CT molecular complexity index is 181. The Labute approximate surface area is 75.9 Å². The van der Waals surface area contributed by atoms with Gasteiger partial charge in [0, 0.05) is 19.4 Å². The van der Waals surface area contributed by atoms with E-state index >= 15 is 0 Å². The van der Waals surface area contributed by atoms with E-state index in [9.17, 15) is 9.59 Å². The van der Waals surface area contributed by atoms with E-state index in [0.717, 1.165) is 0 Å². The van der Waals surface area contributed by atoms with Crippen molar-refractivity contribution in [3.8, 4) is 0 Å². The smallest absolute Gasteiger partial charge is 0.243 e. The summed E-state index contributed by atoms with van der Waals surface area (Å²) in [6.45, 7) is 1.71. The van der Waals surface area contributed by atoms with Crippen LogP contribution >= 0.6 is 0 Å². The van der Waals surface area contributed by atoms with Gasteiger partial charge in [0.1, 0.15) is 0 Å². The summed E-state index contributed by atoms with van der Waals surface area (Å²) in [5.41, 5.74) is 1.42. The van der Waals surface area contributed by atoms with E-state index < -0.39 is 12.0 Å². The van der Waals surface area contributed by atoms with Crippen LogP contribution in [0.5, 0.6) is 0 Å². The first-order chi connectivity index (χ1) is 6.06. The molecule has 0 aromatic carbocycles. The van der Waals surface area contributed by atoms with Crippen LogP contribution in [0.3, 0.4) is 0 Å². The first-order valence-electron chi connectivity index (χ1n) is 3.94. The Morgan fingerprint density at radius 3 is 2.31 bits per heavy atom. The molecule has 0 radical (unpaired) electrons. The molecular weight excluding hydrogens is 176 g/mol. The second-order valence-corrected chi connectivity index (χ2v) is 2.69. The highest BCUT2D eigenvalue weighted by Gasteiger charge is 2.05. The first-order valence-corrected chi connectivity index (χ1v) is 3.94. The minimum absolute atomic E-state index is 0.000880. The molecule has 6 nitrogen and oxygen atoms in total. The lowest BCUT2D eigenvalue weighted by atomic mass is 10.3. The molecule has 4 N–H and O–H groups in total. The number of hydrogen-bond donors (Lipinski definition) is 4. The van der Waals surface area contributed by atoms with Crippen molar-refractivity contribution in [3.63, 3.8) is 0 Å². The third-order valence-corrected chi connectivity index (χ3v) is 1.30. The normalized spacial score (nSPS) is 11.9. The van der Waals surface area contributed by atoms with Gasteiger partial charge in [-0.05, 0) is 6.92 Å². The average molecular weight is 190 g/mol. The Hall–Kier alpha value is -1.14. The maximum absolute atomic E-state index is 10.9. The molecule has 0 aliphatic rings. The van der Waals surface area contributed by atoms with Crippen LogP contribution in [0.15, 0.2) is 0 Å². The van der Waals surface area contributed by atoms with Gasteiger partial charge in [-0.3, -0.25) is 14.8 Å². The zero-order valence-electron chi connectivity index (χ0n) is 7.41. The number of amides is 2. The highest BCUT2D eigenvalue weighted by Crippen LogP contribution is 1.88. The van der Waals surface area contributed by atoms with Crippen molar-refractivity contribution in [1.82, 2.24) is 10.8 Å². The van der Waals surface area contributed by atoms with Crippen LogP contribution in [0, 0.1) is 0 Å². The summed E-state index contributed by atoms with van der Waals surface area (Å²) in [5.74, 6) is -0.934. The number of aliphatic hydroxyl groups is 1. The van der Waals surface area contributed by atoms with Gasteiger partial charge in [-0.15, -0.1) is 0 Å². The van der Waals surface area contributed by atoms with Crippen molar-refractivity contribution >= 4 is 11.8 Å². The predicted octanol–water partition coefficient (Wildman–Crippen LogP) is -1.23. The molecule has 0 saturated heterocycles. The minimum Gasteiger partial charge on any atom is -0.392 e. The molecule has 0 bridgehead atoms. The summed E-state index contributed by atoms with van der Waals surface area (Å²) in [4.78, 5) is 21.3. The third kappa shape index (κ3) is 7.23. The van der Waals surface area contributed by atoms with E-state index in [1.165, 1.54) is 5.48 Å².